The molecular formula is C11H25N3O. The van der Waals surface area contributed by atoms with Gasteiger partial charge in [-0.2, -0.15) is 0 Å². The Kier molecular flexibility index (Phi) is 4.99. The van der Waals surface area contributed by atoms with Gasteiger partial charge in [0.05, 0.1) is 11.7 Å². The van der Waals surface area contributed by atoms with Crippen LogP contribution in [0.3, 0.4) is 0 Å². The van der Waals surface area contributed by atoms with Crippen LogP contribution in [0, 0.1) is 0 Å². The predicted octanol–water partition coefficient (Wildman–Crippen LogP) is 0.163. The van der Waals surface area contributed by atoms with Crippen molar-refractivity contribution in [3.8, 4) is 0 Å². The van der Waals surface area contributed by atoms with Crippen LogP contribution in [0.25, 0.3) is 0 Å². The van der Waals surface area contributed by atoms with Gasteiger partial charge in [-0.05, 0) is 26.7 Å². The highest BCUT2D eigenvalue weighted by molar-refractivity contribution is 4.82. The third-order valence-corrected chi connectivity index (χ3v) is 2.91. The van der Waals surface area contributed by atoms with Crippen molar-refractivity contribution >= 4 is 0 Å². The second kappa shape index (κ2) is 5.80. The Morgan fingerprint density at radius 3 is 2.27 bits per heavy atom. The molecule has 0 aliphatic carbocycles. The zero-order chi connectivity index (χ0) is 11.3. The van der Waals surface area contributed by atoms with Crippen LogP contribution in [-0.4, -0.2) is 49.3 Å². The molecule has 15 heavy (non-hydrogen) atoms. The number of nitrogens with two attached hydrogens (primary N) is 2. The van der Waals surface area contributed by atoms with Crippen molar-refractivity contribution < 1.29 is 4.74 Å². The molecule has 90 valence electrons. The van der Waals surface area contributed by atoms with Gasteiger partial charge in [-0.25, -0.2) is 0 Å². The van der Waals surface area contributed by atoms with E-state index in [2.05, 4.69) is 18.7 Å². The van der Waals surface area contributed by atoms with Crippen molar-refractivity contribution in [3.63, 3.8) is 0 Å². The van der Waals surface area contributed by atoms with E-state index in [4.69, 9.17) is 16.2 Å². The van der Waals surface area contributed by atoms with Gasteiger partial charge in [-0.3, -0.25) is 4.90 Å². The molecule has 4 N–H and O–H groups in total. The molecule has 1 heterocycles. The highest BCUT2D eigenvalue weighted by atomic mass is 16.5. The average molecular weight is 215 g/mol. The third kappa shape index (κ3) is 4.47. The second-order valence-electron chi connectivity index (χ2n) is 4.92. The number of nitrogens with zero attached hydrogens (tertiary/aromatic N) is 1. The summed E-state index contributed by atoms with van der Waals surface area (Å²) in [6, 6.07) is 0. The summed E-state index contributed by atoms with van der Waals surface area (Å²) in [6.45, 7) is 8.49. The Hall–Kier alpha value is -0.160. The summed E-state index contributed by atoms with van der Waals surface area (Å²) in [4.78, 5) is 2.30. The maximum absolute atomic E-state index is 5.95. The summed E-state index contributed by atoms with van der Waals surface area (Å²) in [7, 11) is 0. The molecule has 0 aromatic rings. The molecule has 0 aromatic carbocycles. The summed E-state index contributed by atoms with van der Waals surface area (Å²) in [5.41, 5.74) is 11.2. The molecule has 1 fully saturated rings. The van der Waals surface area contributed by atoms with Gasteiger partial charge in [0.25, 0.3) is 0 Å². The van der Waals surface area contributed by atoms with Crippen LogP contribution in [0.2, 0.25) is 0 Å². The van der Waals surface area contributed by atoms with Crippen LogP contribution < -0.4 is 11.5 Å². The van der Waals surface area contributed by atoms with Gasteiger partial charge in [-0.1, -0.05) is 0 Å². The molecule has 0 amide bonds. The van der Waals surface area contributed by atoms with E-state index in [1.165, 1.54) is 0 Å². The number of hydrogen-bond acceptors (Lipinski definition) is 4. The van der Waals surface area contributed by atoms with Crippen LogP contribution in [-0.2, 0) is 4.74 Å². The second-order valence-corrected chi connectivity index (χ2v) is 4.92. The molecule has 0 aromatic heterocycles. The Bertz CT molecular complexity index is 179. The first-order valence-corrected chi connectivity index (χ1v) is 5.88. The summed E-state index contributed by atoms with van der Waals surface area (Å²) >= 11 is 0. The van der Waals surface area contributed by atoms with Gasteiger partial charge < -0.3 is 16.2 Å². The van der Waals surface area contributed by atoms with Crippen LogP contribution in [0.4, 0.5) is 0 Å². The predicted molar refractivity (Wildman–Crippen MR) is 62.7 cm³/mol. The fourth-order valence-electron chi connectivity index (χ4n) is 2.15. The topological polar surface area (TPSA) is 64.5 Å². The summed E-state index contributed by atoms with van der Waals surface area (Å²) < 4.78 is 5.95. The molecule has 1 rings (SSSR count). The molecule has 0 saturated carbocycles. The maximum atomic E-state index is 5.95. The molecule has 4 nitrogen and oxygen atoms in total. The Labute approximate surface area is 92.9 Å². The van der Waals surface area contributed by atoms with Gasteiger partial charge in [0.2, 0.25) is 0 Å². The fourth-order valence-corrected chi connectivity index (χ4v) is 2.15. The van der Waals surface area contributed by atoms with Crippen molar-refractivity contribution in [2.45, 2.75) is 38.4 Å². The Balaban J connectivity index is 2.32. The first-order valence-electron chi connectivity index (χ1n) is 5.88. The van der Waals surface area contributed by atoms with Crippen molar-refractivity contribution in [1.82, 2.24) is 4.90 Å². The number of ether oxygens (including phenoxy) is 1. The minimum Gasteiger partial charge on any atom is -0.371 e. The third-order valence-electron chi connectivity index (χ3n) is 2.91. The largest absolute Gasteiger partial charge is 0.371 e. The molecule has 1 atom stereocenters. The van der Waals surface area contributed by atoms with E-state index < -0.39 is 0 Å². The minimum atomic E-state index is 0.0573. The SMILES string of the molecule is CC1(C)CCC(CN(CCN)CCN)O1. The number of rotatable bonds is 6. The quantitative estimate of drug-likeness (QED) is 0.662. The molecule has 1 unspecified atom stereocenters. The normalized spacial score (nSPS) is 25.0. The van der Waals surface area contributed by atoms with E-state index in [1.807, 2.05) is 0 Å². The molecule has 1 aliphatic rings. The van der Waals surface area contributed by atoms with Crippen molar-refractivity contribution in [2.24, 2.45) is 11.5 Å². The summed E-state index contributed by atoms with van der Waals surface area (Å²) in [5.74, 6) is 0. The lowest BCUT2D eigenvalue weighted by Crippen LogP contribution is -2.39. The highest BCUT2D eigenvalue weighted by Crippen LogP contribution is 2.29. The first-order chi connectivity index (χ1) is 7.07. The highest BCUT2D eigenvalue weighted by Gasteiger charge is 2.32. The maximum Gasteiger partial charge on any atom is 0.0710 e. The molecular weight excluding hydrogens is 190 g/mol. The Morgan fingerprint density at radius 2 is 1.87 bits per heavy atom. The average Bonchev–Trinajstić information content (AvgIpc) is 2.46. The standard InChI is InChI=1S/C11H25N3O/c1-11(2)4-3-10(15-11)9-14(7-5-12)8-6-13/h10H,3-9,12-13H2,1-2H3. The molecule has 0 radical (unpaired) electrons. The number of hydrogen-bond donors (Lipinski definition) is 2. The van der Waals surface area contributed by atoms with E-state index >= 15 is 0 Å². The minimum absolute atomic E-state index is 0.0573. The van der Waals surface area contributed by atoms with Crippen LogP contribution in [0.15, 0.2) is 0 Å². The van der Waals surface area contributed by atoms with E-state index in [1.54, 1.807) is 0 Å². The summed E-state index contributed by atoms with van der Waals surface area (Å²) in [5, 5.41) is 0. The van der Waals surface area contributed by atoms with E-state index in [0.717, 1.165) is 32.5 Å². The first kappa shape index (κ1) is 12.9. The van der Waals surface area contributed by atoms with Crippen LogP contribution >= 0.6 is 0 Å². The van der Waals surface area contributed by atoms with Gasteiger partial charge in [0.15, 0.2) is 0 Å². The van der Waals surface area contributed by atoms with Gasteiger partial charge in [-0.15, -0.1) is 0 Å². The van der Waals surface area contributed by atoms with Crippen LogP contribution in [0.5, 0.6) is 0 Å². The van der Waals surface area contributed by atoms with E-state index in [0.29, 0.717) is 19.2 Å². The van der Waals surface area contributed by atoms with Crippen LogP contribution in [0.1, 0.15) is 26.7 Å². The lowest BCUT2D eigenvalue weighted by Gasteiger charge is -2.26. The monoisotopic (exact) mass is 215 g/mol. The zero-order valence-electron chi connectivity index (χ0n) is 10.0. The molecule has 0 bridgehead atoms. The van der Waals surface area contributed by atoms with Crippen molar-refractivity contribution in [2.75, 3.05) is 32.7 Å². The molecule has 0 spiro atoms. The molecule has 4 heteroatoms. The molecule has 1 saturated heterocycles. The van der Waals surface area contributed by atoms with E-state index in [9.17, 15) is 0 Å². The fraction of sp³-hybridized carbons (Fsp3) is 1.00. The lowest BCUT2D eigenvalue weighted by molar-refractivity contribution is -0.0280. The molecule has 1 aliphatic heterocycles. The van der Waals surface area contributed by atoms with E-state index in [-0.39, 0.29) is 5.60 Å². The summed E-state index contributed by atoms with van der Waals surface area (Å²) in [6.07, 6.45) is 2.66. The Morgan fingerprint density at radius 1 is 1.27 bits per heavy atom. The van der Waals surface area contributed by atoms with Crippen molar-refractivity contribution in [1.29, 1.82) is 0 Å². The van der Waals surface area contributed by atoms with Crippen molar-refractivity contribution in [3.05, 3.63) is 0 Å². The lowest BCUT2D eigenvalue weighted by atomic mass is 10.1. The smallest absolute Gasteiger partial charge is 0.0710 e. The van der Waals surface area contributed by atoms with Gasteiger partial charge in [0, 0.05) is 32.7 Å². The van der Waals surface area contributed by atoms with Gasteiger partial charge >= 0.3 is 0 Å². The zero-order valence-corrected chi connectivity index (χ0v) is 10.0. The van der Waals surface area contributed by atoms with Gasteiger partial charge in [0.1, 0.15) is 0 Å².